The van der Waals surface area contributed by atoms with Gasteiger partial charge in [-0.1, -0.05) is 129 Å². The van der Waals surface area contributed by atoms with Gasteiger partial charge in [0.2, 0.25) is 0 Å². The van der Waals surface area contributed by atoms with Gasteiger partial charge in [0.25, 0.3) is 0 Å². The number of unbranched alkanes of at least 4 members (excludes halogenated alkanes) is 13. The van der Waals surface area contributed by atoms with Crippen LogP contribution in [0.3, 0.4) is 0 Å². The molecule has 180 valence electrons. The van der Waals surface area contributed by atoms with Gasteiger partial charge in [0, 0.05) is 6.04 Å². The Labute approximate surface area is 192 Å². The summed E-state index contributed by atoms with van der Waals surface area (Å²) in [5, 5.41) is 0. The molecule has 0 aliphatic rings. The van der Waals surface area contributed by atoms with Crippen LogP contribution in [0.15, 0.2) is 12.2 Å². The van der Waals surface area contributed by atoms with E-state index in [4.69, 9.17) is 0 Å². The minimum absolute atomic E-state index is 0.810. The molecule has 1 heteroatoms. The highest BCUT2D eigenvalue weighted by Crippen LogP contribution is 2.19. The molecule has 0 aromatic heterocycles. The van der Waals surface area contributed by atoms with E-state index in [2.05, 4.69) is 51.9 Å². The molecule has 2 atom stereocenters. The van der Waals surface area contributed by atoms with Gasteiger partial charge >= 0.3 is 0 Å². The fourth-order valence-corrected chi connectivity index (χ4v) is 4.48. The second kappa shape index (κ2) is 23.4. The van der Waals surface area contributed by atoms with E-state index < -0.39 is 0 Å². The maximum absolute atomic E-state index is 2.48. The highest BCUT2D eigenvalue weighted by molar-refractivity contribution is 4.83. The quantitative estimate of drug-likeness (QED) is 0.117. The lowest BCUT2D eigenvalue weighted by Gasteiger charge is -2.24. The molecule has 2 unspecified atom stereocenters. The van der Waals surface area contributed by atoms with Crippen molar-refractivity contribution in [1.82, 2.24) is 4.90 Å². The average Bonchev–Trinajstić information content (AvgIpc) is 2.73. The molecule has 0 rings (SSSR count). The van der Waals surface area contributed by atoms with Crippen LogP contribution in [0.1, 0.15) is 149 Å². The van der Waals surface area contributed by atoms with Gasteiger partial charge in [-0.3, -0.25) is 0 Å². The normalized spacial score (nSPS) is 14.1. The van der Waals surface area contributed by atoms with Crippen molar-refractivity contribution in [3.05, 3.63) is 12.2 Å². The average molecular weight is 422 g/mol. The van der Waals surface area contributed by atoms with E-state index in [1.807, 2.05) is 0 Å². The predicted octanol–water partition coefficient (Wildman–Crippen LogP) is 9.95. The van der Waals surface area contributed by atoms with Gasteiger partial charge in [-0.2, -0.15) is 0 Å². The summed E-state index contributed by atoms with van der Waals surface area (Å²) in [5.74, 6) is 0.868. The lowest BCUT2D eigenvalue weighted by molar-refractivity contribution is 0.251. The molecule has 0 bridgehead atoms. The SMILES string of the molecule is CCCCC/C=C\CC(C)CCCCCCCC(CCCCCCCCC)N(C)C. The highest BCUT2D eigenvalue weighted by Gasteiger charge is 2.10. The van der Waals surface area contributed by atoms with Crippen LogP contribution < -0.4 is 0 Å². The van der Waals surface area contributed by atoms with Crippen molar-refractivity contribution in [3.8, 4) is 0 Å². The van der Waals surface area contributed by atoms with E-state index in [1.54, 1.807) is 0 Å². The van der Waals surface area contributed by atoms with E-state index in [-0.39, 0.29) is 0 Å². The van der Waals surface area contributed by atoms with Crippen molar-refractivity contribution in [2.24, 2.45) is 5.92 Å². The molecule has 0 spiro atoms. The number of hydrogen-bond donors (Lipinski definition) is 0. The summed E-state index contributed by atoms with van der Waals surface area (Å²) in [6.45, 7) is 7.02. The van der Waals surface area contributed by atoms with E-state index in [0.29, 0.717) is 0 Å². The third-order valence-corrected chi connectivity index (χ3v) is 6.78. The molecule has 0 aliphatic heterocycles. The molecule has 0 radical (unpaired) electrons. The first kappa shape index (κ1) is 29.7. The summed E-state index contributed by atoms with van der Waals surface area (Å²) in [7, 11) is 4.57. The van der Waals surface area contributed by atoms with Crippen LogP contribution in [0, 0.1) is 5.92 Å². The summed E-state index contributed by atoms with van der Waals surface area (Å²) in [4.78, 5) is 2.48. The molecule has 0 heterocycles. The van der Waals surface area contributed by atoms with Crippen molar-refractivity contribution in [2.45, 2.75) is 155 Å². The summed E-state index contributed by atoms with van der Waals surface area (Å²) in [6, 6.07) is 0.810. The summed E-state index contributed by atoms with van der Waals surface area (Å²) in [6.07, 6.45) is 32.9. The number of hydrogen-bond acceptors (Lipinski definition) is 1. The van der Waals surface area contributed by atoms with E-state index in [1.165, 1.54) is 128 Å². The summed E-state index contributed by atoms with van der Waals surface area (Å²) >= 11 is 0. The number of allylic oxidation sites excluding steroid dienone is 2. The van der Waals surface area contributed by atoms with Crippen LogP contribution in [0.2, 0.25) is 0 Å². The predicted molar refractivity (Wildman–Crippen MR) is 139 cm³/mol. The fraction of sp³-hybridized carbons (Fsp3) is 0.931. The monoisotopic (exact) mass is 421 g/mol. The van der Waals surface area contributed by atoms with Gasteiger partial charge in [0.15, 0.2) is 0 Å². The first-order valence-corrected chi connectivity index (χ1v) is 13.9. The van der Waals surface area contributed by atoms with Crippen LogP contribution in [0.25, 0.3) is 0 Å². The highest BCUT2D eigenvalue weighted by atomic mass is 15.1. The smallest absolute Gasteiger partial charge is 0.00891 e. The Hall–Kier alpha value is -0.300. The lowest BCUT2D eigenvalue weighted by Crippen LogP contribution is -2.27. The minimum atomic E-state index is 0.810. The molecule has 0 saturated heterocycles. The Bertz CT molecular complexity index is 346. The lowest BCUT2D eigenvalue weighted by atomic mass is 9.97. The molecule has 1 nitrogen and oxygen atoms in total. The van der Waals surface area contributed by atoms with Crippen LogP contribution in [-0.2, 0) is 0 Å². The third kappa shape index (κ3) is 21.0. The summed E-state index contributed by atoms with van der Waals surface area (Å²) in [5.41, 5.74) is 0. The molecule has 0 aliphatic carbocycles. The van der Waals surface area contributed by atoms with Gasteiger partial charge in [-0.25, -0.2) is 0 Å². The molecule has 0 aromatic rings. The first-order chi connectivity index (χ1) is 14.6. The molecule has 0 saturated carbocycles. The van der Waals surface area contributed by atoms with Crippen LogP contribution in [0.5, 0.6) is 0 Å². The molecule has 0 aromatic carbocycles. The number of rotatable bonds is 23. The molecule has 30 heavy (non-hydrogen) atoms. The van der Waals surface area contributed by atoms with Gasteiger partial charge in [0.05, 0.1) is 0 Å². The Morgan fingerprint density at radius 2 is 1.03 bits per heavy atom. The van der Waals surface area contributed by atoms with Crippen LogP contribution >= 0.6 is 0 Å². The third-order valence-electron chi connectivity index (χ3n) is 6.78. The van der Waals surface area contributed by atoms with E-state index in [0.717, 1.165) is 12.0 Å². The zero-order valence-corrected chi connectivity index (χ0v) is 21.9. The zero-order valence-electron chi connectivity index (χ0n) is 21.9. The van der Waals surface area contributed by atoms with Crippen molar-refractivity contribution >= 4 is 0 Å². The Morgan fingerprint density at radius 3 is 1.57 bits per heavy atom. The Kier molecular flexibility index (Phi) is 23.1. The van der Waals surface area contributed by atoms with E-state index >= 15 is 0 Å². The maximum atomic E-state index is 2.48. The Morgan fingerprint density at radius 1 is 0.567 bits per heavy atom. The topological polar surface area (TPSA) is 3.24 Å². The molecule has 0 amide bonds. The van der Waals surface area contributed by atoms with Crippen molar-refractivity contribution < 1.29 is 0 Å². The van der Waals surface area contributed by atoms with E-state index in [9.17, 15) is 0 Å². The van der Waals surface area contributed by atoms with Gasteiger partial charge < -0.3 is 4.90 Å². The second-order valence-corrected chi connectivity index (χ2v) is 10.2. The second-order valence-electron chi connectivity index (χ2n) is 10.2. The molecule has 0 fully saturated rings. The van der Waals surface area contributed by atoms with Crippen LogP contribution in [-0.4, -0.2) is 25.0 Å². The molecular weight excluding hydrogens is 362 g/mol. The Balaban J connectivity index is 3.57. The van der Waals surface area contributed by atoms with Crippen LogP contribution in [0.4, 0.5) is 0 Å². The fourth-order valence-electron chi connectivity index (χ4n) is 4.48. The molecule has 0 N–H and O–H groups in total. The standard InChI is InChI=1S/C29H59N/c1-6-8-10-12-14-18-22-26-29(30(4)5)27-23-19-15-17-21-25-28(3)24-20-16-13-11-9-7-2/h16,20,28-29H,6-15,17-19,21-27H2,1-5H3/b20-16-. The molecular formula is C29H59N. The maximum Gasteiger partial charge on any atom is 0.00891 e. The number of nitrogens with zero attached hydrogens (tertiary/aromatic N) is 1. The zero-order chi connectivity index (χ0) is 22.3. The van der Waals surface area contributed by atoms with Gasteiger partial charge in [-0.15, -0.1) is 0 Å². The van der Waals surface area contributed by atoms with Gasteiger partial charge in [-0.05, 0) is 52.1 Å². The minimum Gasteiger partial charge on any atom is -0.306 e. The van der Waals surface area contributed by atoms with Crippen molar-refractivity contribution in [3.63, 3.8) is 0 Å². The van der Waals surface area contributed by atoms with Crippen molar-refractivity contribution in [2.75, 3.05) is 14.1 Å². The first-order valence-electron chi connectivity index (χ1n) is 13.9. The van der Waals surface area contributed by atoms with Gasteiger partial charge in [0.1, 0.15) is 0 Å². The van der Waals surface area contributed by atoms with Crippen molar-refractivity contribution in [1.29, 1.82) is 0 Å². The largest absolute Gasteiger partial charge is 0.306 e. The summed E-state index contributed by atoms with van der Waals surface area (Å²) < 4.78 is 0.